The molecule has 0 unspecified atom stereocenters. The van der Waals surface area contributed by atoms with Crippen molar-refractivity contribution in [3.63, 3.8) is 0 Å². The van der Waals surface area contributed by atoms with Crippen LogP contribution in [0.25, 0.3) is 0 Å². The van der Waals surface area contributed by atoms with Crippen molar-refractivity contribution in [1.29, 1.82) is 0 Å². The molecule has 0 atom stereocenters. The third-order valence-corrected chi connectivity index (χ3v) is 10.2. The van der Waals surface area contributed by atoms with Crippen molar-refractivity contribution < 1.29 is 46.0 Å². The highest BCUT2D eigenvalue weighted by atomic mass is 31.2. The first-order chi connectivity index (χ1) is 17.6. The molecule has 0 heterocycles. The maximum absolute atomic E-state index is 13.0. The molecule has 37 heavy (non-hydrogen) atoms. The summed E-state index contributed by atoms with van der Waals surface area (Å²) in [5.74, 6) is -0.947. The zero-order chi connectivity index (χ0) is 28.2. The van der Waals surface area contributed by atoms with E-state index in [9.17, 15) is 14.2 Å². The van der Waals surface area contributed by atoms with Crippen LogP contribution >= 0.6 is 7.60 Å². The first-order valence-electron chi connectivity index (χ1n) is 13.1. The van der Waals surface area contributed by atoms with Gasteiger partial charge in [0.05, 0.1) is 25.8 Å². The van der Waals surface area contributed by atoms with Gasteiger partial charge in [-0.3, -0.25) is 9.36 Å². The molecule has 0 rings (SSSR count). The Bertz CT molecular complexity index is 682. The van der Waals surface area contributed by atoms with Gasteiger partial charge in [0.2, 0.25) is 0 Å². The SMILES string of the molecule is C=C(C)C(=O)OCCOC(=O)CCN(CCC[Si](OCC)(OCC)OCC)CCP(=O)(OCC)OCC. The second-order valence-corrected chi connectivity index (χ2v) is 12.9. The van der Waals surface area contributed by atoms with Crippen molar-refractivity contribution in [1.82, 2.24) is 4.90 Å². The predicted molar refractivity (Wildman–Crippen MR) is 144 cm³/mol. The predicted octanol–water partition coefficient (Wildman–Crippen LogP) is 4.05. The maximum atomic E-state index is 13.0. The van der Waals surface area contributed by atoms with E-state index in [0.29, 0.717) is 51.9 Å². The van der Waals surface area contributed by atoms with E-state index in [1.54, 1.807) is 20.8 Å². The van der Waals surface area contributed by atoms with E-state index in [-0.39, 0.29) is 44.6 Å². The van der Waals surface area contributed by atoms with Gasteiger partial charge < -0.3 is 36.7 Å². The van der Waals surface area contributed by atoms with Crippen LogP contribution in [0, 0.1) is 0 Å². The van der Waals surface area contributed by atoms with Crippen LogP contribution in [0.5, 0.6) is 0 Å². The topological polar surface area (TPSA) is 119 Å². The van der Waals surface area contributed by atoms with E-state index < -0.39 is 28.3 Å². The average Bonchev–Trinajstić information content (AvgIpc) is 2.83. The molecule has 11 nitrogen and oxygen atoms in total. The highest BCUT2D eigenvalue weighted by molar-refractivity contribution is 7.53. The molecule has 0 aromatic carbocycles. The van der Waals surface area contributed by atoms with E-state index in [4.69, 9.17) is 31.8 Å². The Kier molecular flexibility index (Phi) is 20.2. The van der Waals surface area contributed by atoms with Crippen LogP contribution < -0.4 is 0 Å². The Hall–Kier alpha value is -1.11. The molecular weight excluding hydrogens is 521 g/mol. The van der Waals surface area contributed by atoms with Crippen molar-refractivity contribution in [2.75, 3.05) is 72.0 Å². The van der Waals surface area contributed by atoms with Gasteiger partial charge in [-0.2, -0.15) is 0 Å². The number of ether oxygens (including phenoxy) is 2. The highest BCUT2D eigenvalue weighted by Gasteiger charge is 2.39. The quantitative estimate of drug-likeness (QED) is 0.0551. The molecular formula is C24H48NO10PSi. The number of carbonyl (C=O) groups excluding carboxylic acids is 2. The van der Waals surface area contributed by atoms with Crippen LogP contribution in [0.15, 0.2) is 12.2 Å². The third kappa shape index (κ3) is 16.5. The third-order valence-electron chi connectivity index (χ3n) is 4.95. The Morgan fingerprint density at radius 3 is 1.84 bits per heavy atom. The molecule has 0 radical (unpaired) electrons. The molecule has 0 aromatic rings. The monoisotopic (exact) mass is 569 g/mol. The minimum atomic E-state index is -3.24. The van der Waals surface area contributed by atoms with Crippen LogP contribution in [-0.4, -0.2) is 97.7 Å². The van der Waals surface area contributed by atoms with Crippen LogP contribution in [0.3, 0.4) is 0 Å². The first-order valence-corrected chi connectivity index (χ1v) is 16.8. The lowest BCUT2D eigenvalue weighted by Gasteiger charge is -2.30. The van der Waals surface area contributed by atoms with Gasteiger partial charge in [0.15, 0.2) is 0 Å². The average molecular weight is 570 g/mol. The molecule has 0 saturated carbocycles. The second kappa shape index (κ2) is 20.8. The maximum Gasteiger partial charge on any atom is 0.500 e. The van der Waals surface area contributed by atoms with E-state index in [1.165, 1.54) is 0 Å². The van der Waals surface area contributed by atoms with Gasteiger partial charge in [-0.05, 0) is 54.5 Å². The number of esters is 2. The minimum absolute atomic E-state index is 0.0348. The van der Waals surface area contributed by atoms with Gasteiger partial charge in [-0.1, -0.05) is 6.58 Å². The summed E-state index contributed by atoms with van der Waals surface area (Å²) in [6.07, 6.45) is 1.02. The summed E-state index contributed by atoms with van der Waals surface area (Å²) in [5, 5.41) is 0. The fourth-order valence-corrected chi connectivity index (χ4v) is 7.66. The number of rotatable bonds is 24. The number of hydrogen-bond acceptors (Lipinski definition) is 11. The smallest absolute Gasteiger partial charge is 0.462 e. The number of hydrogen-bond donors (Lipinski definition) is 0. The van der Waals surface area contributed by atoms with Gasteiger partial charge in [0.1, 0.15) is 13.2 Å². The van der Waals surface area contributed by atoms with Gasteiger partial charge in [0, 0.05) is 44.5 Å². The van der Waals surface area contributed by atoms with Gasteiger partial charge in [-0.15, -0.1) is 0 Å². The summed E-state index contributed by atoms with van der Waals surface area (Å²) in [4.78, 5) is 25.7. The lowest BCUT2D eigenvalue weighted by molar-refractivity contribution is -0.150. The fraction of sp³-hybridized carbons (Fsp3) is 0.833. The summed E-state index contributed by atoms with van der Waals surface area (Å²) in [5.41, 5.74) is 0.281. The van der Waals surface area contributed by atoms with Crippen molar-refractivity contribution in [3.8, 4) is 0 Å². The standard InChI is InChI=1S/C24H48NO10PSi/c1-8-31-36(28,32-9-2)20-17-25(15-13-21-37(33-10-3,34-11-4)35-12-5)16-14-23(26)29-18-19-30-24(27)22(6)7/h6,8-21H2,1-5,7H3. The molecule has 0 spiro atoms. The molecule has 0 saturated heterocycles. The van der Waals surface area contributed by atoms with E-state index >= 15 is 0 Å². The Morgan fingerprint density at radius 2 is 1.35 bits per heavy atom. The Labute approximate surface area is 224 Å². The fourth-order valence-electron chi connectivity index (χ4n) is 3.41. The van der Waals surface area contributed by atoms with Crippen molar-refractivity contribution in [3.05, 3.63) is 12.2 Å². The molecule has 0 bridgehead atoms. The zero-order valence-electron chi connectivity index (χ0n) is 23.6. The Balaban J connectivity index is 5.07. The lowest BCUT2D eigenvalue weighted by atomic mass is 10.3. The molecule has 0 fully saturated rings. The summed E-state index contributed by atoms with van der Waals surface area (Å²) >= 11 is 0. The van der Waals surface area contributed by atoms with E-state index in [0.717, 1.165) is 0 Å². The summed E-state index contributed by atoms with van der Waals surface area (Å²) < 4.78 is 51.7. The molecule has 0 aromatic heterocycles. The van der Waals surface area contributed by atoms with Crippen molar-refractivity contribution in [2.45, 2.75) is 60.4 Å². The second-order valence-electron chi connectivity index (χ2n) is 7.98. The van der Waals surface area contributed by atoms with Gasteiger partial charge >= 0.3 is 28.3 Å². The van der Waals surface area contributed by atoms with Gasteiger partial charge in [0.25, 0.3) is 0 Å². The first kappa shape index (κ1) is 35.9. The molecule has 218 valence electrons. The van der Waals surface area contributed by atoms with Crippen LogP contribution in [-0.2, 0) is 46.0 Å². The zero-order valence-corrected chi connectivity index (χ0v) is 25.5. The van der Waals surface area contributed by atoms with E-state index in [1.807, 2.05) is 25.7 Å². The molecule has 0 aliphatic rings. The largest absolute Gasteiger partial charge is 0.500 e. The van der Waals surface area contributed by atoms with Crippen LogP contribution in [0.1, 0.15) is 54.4 Å². The highest BCUT2D eigenvalue weighted by Crippen LogP contribution is 2.47. The summed E-state index contributed by atoms with van der Waals surface area (Å²) in [7, 11) is -6.04. The molecule has 0 aliphatic heterocycles. The van der Waals surface area contributed by atoms with Gasteiger partial charge in [-0.25, -0.2) is 4.79 Å². The molecule has 0 aliphatic carbocycles. The van der Waals surface area contributed by atoms with Crippen LogP contribution in [0.2, 0.25) is 6.04 Å². The van der Waals surface area contributed by atoms with Crippen molar-refractivity contribution >= 4 is 28.3 Å². The minimum Gasteiger partial charge on any atom is -0.462 e. The normalized spacial score (nSPS) is 12.1. The lowest BCUT2D eigenvalue weighted by Crippen LogP contribution is -2.46. The molecule has 13 heteroatoms. The summed E-state index contributed by atoms with van der Waals surface area (Å²) in [6, 6.07) is 0.617. The molecule has 0 amide bonds. The van der Waals surface area contributed by atoms with E-state index in [2.05, 4.69) is 6.58 Å². The summed E-state index contributed by atoms with van der Waals surface area (Å²) in [6.45, 7) is 17.7. The van der Waals surface area contributed by atoms with Crippen LogP contribution in [0.4, 0.5) is 0 Å². The number of nitrogens with zero attached hydrogens (tertiary/aromatic N) is 1. The number of carbonyl (C=O) groups is 2. The van der Waals surface area contributed by atoms with Crippen molar-refractivity contribution in [2.24, 2.45) is 0 Å². The Morgan fingerprint density at radius 1 is 0.811 bits per heavy atom. The molecule has 0 N–H and O–H groups in total.